The van der Waals surface area contributed by atoms with Gasteiger partial charge in [0.1, 0.15) is 0 Å². The minimum absolute atomic E-state index is 0.561. The summed E-state index contributed by atoms with van der Waals surface area (Å²) in [6.45, 7) is 6.32. The van der Waals surface area contributed by atoms with Crippen LogP contribution >= 0.6 is 0 Å². The van der Waals surface area contributed by atoms with Gasteiger partial charge in [0.2, 0.25) is 0 Å². The lowest BCUT2D eigenvalue weighted by atomic mass is 10.1. The van der Waals surface area contributed by atoms with Gasteiger partial charge >= 0.3 is 0 Å². The van der Waals surface area contributed by atoms with Crippen molar-refractivity contribution in [2.75, 3.05) is 20.3 Å². The summed E-state index contributed by atoms with van der Waals surface area (Å²) in [6.07, 6.45) is 9.52. The van der Waals surface area contributed by atoms with Crippen molar-refractivity contribution in [2.45, 2.75) is 64.8 Å². The fraction of sp³-hybridized carbons (Fsp3) is 1.00. The molecule has 0 aromatic rings. The van der Waals surface area contributed by atoms with Gasteiger partial charge in [0.15, 0.2) is 0 Å². The molecular weight excluding hydrogens is 186 g/mol. The van der Waals surface area contributed by atoms with Crippen molar-refractivity contribution < 1.29 is 4.74 Å². The molecule has 0 bridgehead atoms. The van der Waals surface area contributed by atoms with Crippen LogP contribution in [0.2, 0.25) is 0 Å². The topological polar surface area (TPSA) is 21.3 Å². The molecule has 0 aromatic carbocycles. The Kier molecular flexibility index (Phi) is 11.9. The molecule has 1 N–H and O–H groups in total. The van der Waals surface area contributed by atoms with Crippen LogP contribution in [-0.2, 0) is 4.74 Å². The lowest BCUT2D eigenvalue weighted by Crippen LogP contribution is -2.32. The molecule has 15 heavy (non-hydrogen) atoms. The van der Waals surface area contributed by atoms with Gasteiger partial charge in [-0.25, -0.2) is 0 Å². The quantitative estimate of drug-likeness (QED) is 0.534. The Morgan fingerprint density at radius 2 is 1.67 bits per heavy atom. The van der Waals surface area contributed by atoms with Crippen LogP contribution in [0.4, 0.5) is 0 Å². The van der Waals surface area contributed by atoms with Crippen molar-refractivity contribution in [1.29, 1.82) is 0 Å². The van der Waals surface area contributed by atoms with Gasteiger partial charge in [-0.15, -0.1) is 0 Å². The van der Waals surface area contributed by atoms with E-state index in [9.17, 15) is 0 Å². The second-order valence-electron chi connectivity index (χ2n) is 4.27. The summed E-state index contributed by atoms with van der Waals surface area (Å²) in [4.78, 5) is 0. The molecule has 0 heterocycles. The maximum absolute atomic E-state index is 5.19. The van der Waals surface area contributed by atoms with Gasteiger partial charge in [0.25, 0.3) is 0 Å². The molecule has 2 nitrogen and oxygen atoms in total. The predicted molar refractivity (Wildman–Crippen MR) is 67.3 cm³/mol. The molecular formula is C13H29NO. The molecule has 2 heteroatoms. The summed E-state index contributed by atoms with van der Waals surface area (Å²) in [5, 5.41) is 3.46. The number of unbranched alkanes of at least 4 members (excludes halogenated alkanes) is 5. The zero-order valence-corrected chi connectivity index (χ0v) is 10.8. The highest BCUT2D eigenvalue weighted by molar-refractivity contribution is 4.64. The fourth-order valence-corrected chi connectivity index (χ4v) is 1.91. The molecule has 0 aliphatic rings. The molecule has 0 aliphatic carbocycles. The first-order chi connectivity index (χ1) is 7.35. The number of ether oxygens (including phenoxy) is 1. The molecule has 0 aromatic heterocycles. The number of likely N-dealkylation sites (N-methyl/N-ethyl adjacent to an activating group) is 1. The van der Waals surface area contributed by atoms with Crippen LogP contribution in [0.1, 0.15) is 58.8 Å². The standard InChI is InChI=1S/C13H29NO/c1-4-6-7-8-9-10-11-13(12-15-3)14-5-2/h13-14H,4-12H2,1-3H3. The van der Waals surface area contributed by atoms with Crippen LogP contribution in [0, 0.1) is 0 Å². The van der Waals surface area contributed by atoms with Crippen LogP contribution in [0.5, 0.6) is 0 Å². The average molecular weight is 215 g/mol. The summed E-state index contributed by atoms with van der Waals surface area (Å²) in [7, 11) is 1.78. The Morgan fingerprint density at radius 1 is 1.00 bits per heavy atom. The molecule has 0 radical (unpaired) electrons. The minimum Gasteiger partial charge on any atom is -0.383 e. The fourth-order valence-electron chi connectivity index (χ4n) is 1.91. The van der Waals surface area contributed by atoms with Gasteiger partial charge in [-0.1, -0.05) is 52.4 Å². The first-order valence-corrected chi connectivity index (χ1v) is 6.57. The number of nitrogens with one attached hydrogen (secondary N) is 1. The van der Waals surface area contributed by atoms with E-state index in [0.29, 0.717) is 6.04 Å². The summed E-state index contributed by atoms with van der Waals surface area (Å²) < 4.78 is 5.19. The van der Waals surface area contributed by atoms with Crippen LogP contribution in [-0.4, -0.2) is 26.3 Å². The number of hydrogen-bond donors (Lipinski definition) is 1. The molecule has 0 amide bonds. The second kappa shape index (κ2) is 12.0. The van der Waals surface area contributed by atoms with E-state index >= 15 is 0 Å². The smallest absolute Gasteiger partial charge is 0.0615 e. The van der Waals surface area contributed by atoms with Gasteiger partial charge in [0, 0.05) is 13.2 Å². The highest BCUT2D eigenvalue weighted by Crippen LogP contribution is 2.08. The normalized spacial score (nSPS) is 13.0. The molecule has 0 aliphatic heterocycles. The number of hydrogen-bond acceptors (Lipinski definition) is 2. The molecule has 0 saturated heterocycles. The van der Waals surface area contributed by atoms with E-state index in [4.69, 9.17) is 4.74 Å². The summed E-state index contributed by atoms with van der Waals surface area (Å²) in [6, 6.07) is 0.561. The highest BCUT2D eigenvalue weighted by atomic mass is 16.5. The second-order valence-corrected chi connectivity index (χ2v) is 4.27. The van der Waals surface area contributed by atoms with E-state index in [1.54, 1.807) is 7.11 Å². The Labute approximate surface area is 95.8 Å². The number of rotatable bonds is 11. The predicted octanol–water partition coefficient (Wildman–Crippen LogP) is 3.36. The van der Waals surface area contributed by atoms with Crippen LogP contribution in [0.25, 0.3) is 0 Å². The van der Waals surface area contributed by atoms with E-state index in [1.165, 1.54) is 44.9 Å². The maximum atomic E-state index is 5.19. The minimum atomic E-state index is 0.561. The molecule has 1 unspecified atom stereocenters. The lowest BCUT2D eigenvalue weighted by molar-refractivity contribution is 0.162. The van der Waals surface area contributed by atoms with Gasteiger partial charge < -0.3 is 10.1 Å². The molecule has 0 rings (SSSR count). The van der Waals surface area contributed by atoms with Crippen LogP contribution in [0.3, 0.4) is 0 Å². The summed E-state index contributed by atoms with van der Waals surface area (Å²) in [5.41, 5.74) is 0. The van der Waals surface area contributed by atoms with Gasteiger partial charge in [0.05, 0.1) is 6.61 Å². The third-order valence-electron chi connectivity index (χ3n) is 2.77. The Hall–Kier alpha value is -0.0800. The van der Waals surface area contributed by atoms with E-state index in [2.05, 4.69) is 19.2 Å². The van der Waals surface area contributed by atoms with Gasteiger partial charge in [-0.3, -0.25) is 0 Å². The van der Waals surface area contributed by atoms with Crippen molar-refractivity contribution in [1.82, 2.24) is 5.32 Å². The van der Waals surface area contributed by atoms with Crippen molar-refractivity contribution >= 4 is 0 Å². The molecule has 0 saturated carbocycles. The Morgan fingerprint density at radius 3 is 2.27 bits per heavy atom. The zero-order valence-electron chi connectivity index (χ0n) is 10.8. The zero-order chi connectivity index (χ0) is 11.4. The highest BCUT2D eigenvalue weighted by Gasteiger charge is 2.05. The maximum Gasteiger partial charge on any atom is 0.0615 e. The van der Waals surface area contributed by atoms with Gasteiger partial charge in [-0.05, 0) is 13.0 Å². The monoisotopic (exact) mass is 215 g/mol. The van der Waals surface area contributed by atoms with Crippen molar-refractivity contribution in [3.05, 3.63) is 0 Å². The lowest BCUT2D eigenvalue weighted by Gasteiger charge is -2.16. The van der Waals surface area contributed by atoms with Crippen LogP contribution < -0.4 is 5.32 Å². The third kappa shape index (κ3) is 10.2. The third-order valence-corrected chi connectivity index (χ3v) is 2.77. The Balaban J connectivity index is 3.28. The first-order valence-electron chi connectivity index (χ1n) is 6.57. The largest absolute Gasteiger partial charge is 0.383 e. The summed E-state index contributed by atoms with van der Waals surface area (Å²) >= 11 is 0. The molecule has 92 valence electrons. The van der Waals surface area contributed by atoms with E-state index in [0.717, 1.165) is 13.2 Å². The van der Waals surface area contributed by atoms with Crippen molar-refractivity contribution in [3.63, 3.8) is 0 Å². The van der Waals surface area contributed by atoms with E-state index in [1.807, 2.05) is 0 Å². The summed E-state index contributed by atoms with van der Waals surface area (Å²) in [5.74, 6) is 0. The van der Waals surface area contributed by atoms with Gasteiger partial charge in [-0.2, -0.15) is 0 Å². The van der Waals surface area contributed by atoms with Crippen molar-refractivity contribution in [3.8, 4) is 0 Å². The van der Waals surface area contributed by atoms with Crippen molar-refractivity contribution in [2.24, 2.45) is 0 Å². The number of methoxy groups -OCH3 is 1. The molecule has 1 atom stereocenters. The first kappa shape index (κ1) is 14.9. The average Bonchev–Trinajstić information content (AvgIpc) is 2.24. The SMILES string of the molecule is CCCCCCCCC(COC)NCC. The Bertz CT molecular complexity index is 111. The molecule has 0 spiro atoms. The van der Waals surface area contributed by atoms with Crippen LogP contribution in [0.15, 0.2) is 0 Å². The van der Waals surface area contributed by atoms with E-state index in [-0.39, 0.29) is 0 Å². The van der Waals surface area contributed by atoms with E-state index < -0.39 is 0 Å². The molecule has 0 fully saturated rings.